The van der Waals surface area contributed by atoms with Crippen molar-refractivity contribution in [2.24, 2.45) is 0 Å². The van der Waals surface area contributed by atoms with Gasteiger partial charge in [0.05, 0.1) is 0 Å². The summed E-state index contributed by atoms with van der Waals surface area (Å²) in [6, 6.07) is 7.76. The number of amides is 3. The Balaban J connectivity index is 1.74. The molecule has 2 rings (SSSR count). The van der Waals surface area contributed by atoms with Gasteiger partial charge in [0.25, 0.3) is 5.91 Å². The molecule has 0 spiro atoms. The molecule has 1 heterocycles. The molecule has 0 unspecified atom stereocenters. The van der Waals surface area contributed by atoms with Gasteiger partial charge in [-0.2, -0.15) is 0 Å². The first-order chi connectivity index (χ1) is 14.5. The summed E-state index contributed by atoms with van der Waals surface area (Å²) in [4.78, 5) is 43.1. The van der Waals surface area contributed by atoms with Gasteiger partial charge in [-0.3, -0.25) is 14.4 Å². The van der Waals surface area contributed by atoms with E-state index >= 15 is 0 Å². The van der Waals surface area contributed by atoms with Gasteiger partial charge >= 0.3 is 0 Å². The summed E-state index contributed by atoms with van der Waals surface area (Å²) in [7, 11) is 0. The molecule has 0 aliphatic carbocycles. The summed E-state index contributed by atoms with van der Waals surface area (Å²) in [6.45, 7) is 10.0. The SMILES string of the molecule is CCCN(CCC)C(=O)CCCC(=O)N1CCN(C(=O)c2ccc(CC)cc2)CC1. The zero-order chi connectivity index (χ0) is 21.9. The molecule has 1 fully saturated rings. The largest absolute Gasteiger partial charge is 0.343 e. The van der Waals surface area contributed by atoms with Crippen LogP contribution in [-0.2, 0) is 16.0 Å². The van der Waals surface area contributed by atoms with Crippen LogP contribution >= 0.6 is 0 Å². The zero-order valence-electron chi connectivity index (χ0n) is 18.9. The lowest BCUT2D eigenvalue weighted by atomic mass is 10.1. The van der Waals surface area contributed by atoms with Gasteiger partial charge in [-0.15, -0.1) is 0 Å². The highest BCUT2D eigenvalue weighted by Crippen LogP contribution is 2.13. The molecule has 0 aromatic heterocycles. The molecule has 1 aliphatic heterocycles. The van der Waals surface area contributed by atoms with Crippen LogP contribution in [0.5, 0.6) is 0 Å². The first kappa shape index (κ1) is 23.9. The number of hydrogen-bond acceptors (Lipinski definition) is 3. The van der Waals surface area contributed by atoms with Crippen molar-refractivity contribution in [3.8, 4) is 0 Å². The van der Waals surface area contributed by atoms with Crippen LogP contribution in [-0.4, -0.2) is 71.7 Å². The fourth-order valence-corrected chi connectivity index (χ4v) is 3.83. The van der Waals surface area contributed by atoms with Crippen molar-refractivity contribution >= 4 is 17.7 Å². The normalized spacial score (nSPS) is 14.0. The maximum atomic E-state index is 12.7. The number of hydrogen-bond donors (Lipinski definition) is 0. The fourth-order valence-electron chi connectivity index (χ4n) is 3.83. The number of carbonyl (C=O) groups is 3. The number of rotatable bonds is 10. The zero-order valence-corrected chi connectivity index (χ0v) is 18.9. The average Bonchev–Trinajstić information content (AvgIpc) is 2.78. The van der Waals surface area contributed by atoms with E-state index in [1.807, 2.05) is 39.0 Å². The minimum absolute atomic E-state index is 0.0299. The third kappa shape index (κ3) is 6.85. The van der Waals surface area contributed by atoms with E-state index in [9.17, 15) is 14.4 Å². The molecule has 1 aromatic carbocycles. The Labute approximate surface area is 181 Å². The molecule has 6 nitrogen and oxygen atoms in total. The van der Waals surface area contributed by atoms with E-state index in [0.29, 0.717) is 51.0 Å². The van der Waals surface area contributed by atoms with E-state index in [1.165, 1.54) is 5.56 Å². The summed E-state index contributed by atoms with van der Waals surface area (Å²) in [5.74, 6) is 0.262. The van der Waals surface area contributed by atoms with Crippen molar-refractivity contribution in [1.82, 2.24) is 14.7 Å². The van der Waals surface area contributed by atoms with Crippen LogP contribution in [0.4, 0.5) is 0 Å². The maximum absolute atomic E-state index is 12.7. The minimum atomic E-state index is 0.0299. The highest BCUT2D eigenvalue weighted by molar-refractivity contribution is 5.94. The molecule has 1 aliphatic rings. The van der Waals surface area contributed by atoms with Crippen LogP contribution < -0.4 is 0 Å². The summed E-state index contributed by atoms with van der Waals surface area (Å²) >= 11 is 0. The molecule has 1 aromatic rings. The number of piperazine rings is 1. The van der Waals surface area contributed by atoms with Gasteiger partial charge in [0.15, 0.2) is 0 Å². The minimum Gasteiger partial charge on any atom is -0.343 e. The number of benzene rings is 1. The van der Waals surface area contributed by atoms with E-state index in [1.54, 1.807) is 0 Å². The summed E-state index contributed by atoms with van der Waals surface area (Å²) < 4.78 is 0. The van der Waals surface area contributed by atoms with E-state index in [-0.39, 0.29) is 17.7 Å². The van der Waals surface area contributed by atoms with E-state index in [4.69, 9.17) is 0 Å². The van der Waals surface area contributed by atoms with Crippen LogP contribution in [0, 0.1) is 0 Å². The summed E-state index contributed by atoms with van der Waals surface area (Å²) in [5.41, 5.74) is 1.92. The Morgan fingerprint density at radius 3 is 1.93 bits per heavy atom. The van der Waals surface area contributed by atoms with Crippen molar-refractivity contribution in [1.29, 1.82) is 0 Å². The third-order valence-electron chi connectivity index (χ3n) is 5.65. The molecular weight excluding hydrogens is 378 g/mol. The lowest BCUT2D eigenvalue weighted by molar-refractivity contribution is -0.133. The van der Waals surface area contributed by atoms with Gasteiger partial charge < -0.3 is 14.7 Å². The molecule has 0 N–H and O–H groups in total. The van der Waals surface area contributed by atoms with Crippen molar-refractivity contribution in [3.05, 3.63) is 35.4 Å². The first-order valence-electron chi connectivity index (χ1n) is 11.4. The van der Waals surface area contributed by atoms with Gasteiger partial charge in [-0.05, 0) is 43.4 Å². The number of carbonyl (C=O) groups excluding carboxylic acids is 3. The summed E-state index contributed by atoms with van der Waals surface area (Å²) in [5, 5.41) is 0. The number of aryl methyl sites for hydroxylation is 1. The lowest BCUT2D eigenvalue weighted by Crippen LogP contribution is -2.50. The van der Waals surface area contributed by atoms with E-state index < -0.39 is 0 Å². The van der Waals surface area contributed by atoms with Gasteiger partial charge in [-0.25, -0.2) is 0 Å². The maximum Gasteiger partial charge on any atom is 0.253 e. The van der Waals surface area contributed by atoms with Crippen LogP contribution in [0.15, 0.2) is 24.3 Å². The Morgan fingerprint density at radius 2 is 1.40 bits per heavy atom. The van der Waals surface area contributed by atoms with Gasteiger partial charge in [0.1, 0.15) is 0 Å². The Kier molecular flexibility index (Phi) is 9.84. The van der Waals surface area contributed by atoms with Crippen molar-refractivity contribution < 1.29 is 14.4 Å². The predicted molar refractivity (Wildman–Crippen MR) is 119 cm³/mol. The van der Waals surface area contributed by atoms with Crippen molar-refractivity contribution in [2.45, 2.75) is 59.3 Å². The number of nitrogens with zero attached hydrogens (tertiary/aromatic N) is 3. The van der Waals surface area contributed by atoms with Crippen LogP contribution in [0.25, 0.3) is 0 Å². The molecule has 0 saturated carbocycles. The Bertz CT molecular complexity index is 688. The third-order valence-corrected chi connectivity index (χ3v) is 5.65. The van der Waals surface area contributed by atoms with Crippen molar-refractivity contribution in [2.75, 3.05) is 39.3 Å². The molecule has 0 bridgehead atoms. The topological polar surface area (TPSA) is 60.9 Å². The highest BCUT2D eigenvalue weighted by Gasteiger charge is 2.25. The van der Waals surface area contributed by atoms with Crippen molar-refractivity contribution in [3.63, 3.8) is 0 Å². The Morgan fingerprint density at radius 1 is 0.833 bits per heavy atom. The lowest BCUT2D eigenvalue weighted by Gasteiger charge is -2.35. The van der Waals surface area contributed by atoms with E-state index in [0.717, 1.165) is 32.4 Å². The average molecular weight is 416 g/mol. The second-order valence-electron chi connectivity index (χ2n) is 7.96. The molecule has 0 atom stereocenters. The molecular formula is C24H37N3O3. The molecule has 0 radical (unpaired) electrons. The second kappa shape index (κ2) is 12.4. The highest BCUT2D eigenvalue weighted by atomic mass is 16.2. The standard InChI is InChI=1S/C24H37N3O3/c1-4-14-25(15-5-2)22(28)8-7-9-23(29)26-16-18-27(19-17-26)24(30)21-12-10-20(6-3)11-13-21/h10-13H,4-9,14-19H2,1-3H3. The first-order valence-corrected chi connectivity index (χ1v) is 11.4. The second-order valence-corrected chi connectivity index (χ2v) is 7.96. The van der Waals surface area contributed by atoms with Crippen LogP contribution in [0.3, 0.4) is 0 Å². The molecule has 166 valence electrons. The van der Waals surface area contributed by atoms with Gasteiger partial charge in [-0.1, -0.05) is 32.9 Å². The van der Waals surface area contributed by atoms with Crippen LogP contribution in [0.2, 0.25) is 0 Å². The van der Waals surface area contributed by atoms with Gasteiger partial charge in [0, 0.05) is 57.7 Å². The van der Waals surface area contributed by atoms with E-state index in [2.05, 4.69) is 20.8 Å². The summed E-state index contributed by atoms with van der Waals surface area (Å²) in [6.07, 6.45) is 4.27. The quantitative estimate of drug-likeness (QED) is 0.589. The molecule has 6 heteroatoms. The smallest absolute Gasteiger partial charge is 0.253 e. The molecule has 3 amide bonds. The fraction of sp³-hybridized carbons (Fsp3) is 0.625. The molecule has 1 saturated heterocycles. The monoisotopic (exact) mass is 415 g/mol. The molecule has 30 heavy (non-hydrogen) atoms. The Hall–Kier alpha value is -2.37. The predicted octanol–water partition coefficient (Wildman–Crippen LogP) is 3.35. The van der Waals surface area contributed by atoms with Crippen LogP contribution in [0.1, 0.15) is 68.8 Å². The van der Waals surface area contributed by atoms with Gasteiger partial charge in [0.2, 0.25) is 11.8 Å².